The second kappa shape index (κ2) is 11.9. The van der Waals surface area contributed by atoms with E-state index in [2.05, 4.69) is 161 Å². The van der Waals surface area contributed by atoms with Crippen LogP contribution in [0.3, 0.4) is 0 Å². The fourth-order valence-electron chi connectivity index (χ4n) is 7.58. The summed E-state index contributed by atoms with van der Waals surface area (Å²) in [4.78, 5) is 7.33. The summed E-state index contributed by atoms with van der Waals surface area (Å²) >= 11 is 0. The van der Waals surface area contributed by atoms with Crippen molar-refractivity contribution in [3.05, 3.63) is 188 Å². The molecule has 0 aliphatic carbocycles. The van der Waals surface area contributed by atoms with E-state index in [1.54, 1.807) is 0 Å². The molecule has 4 nitrogen and oxygen atoms in total. The van der Waals surface area contributed by atoms with Crippen LogP contribution in [0.4, 0.5) is 17.1 Å². The first-order valence-corrected chi connectivity index (χ1v) is 17.2. The highest BCUT2D eigenvalue weighted by atomic mass is 16.3. The Morgan fingerprint density at radius 1 is 0.510 bits per heavy atom. The van der Waals surface area contributed by atoms with E-state index in [1.807, 2.05) is 36.4 Å². The van der Waals surface area contributed by atoms with Crippen LogP contribution in [0.5, 0.6) is 0 Å². The van der Waals surface area contributed by atoms with Gasteiger partial charge in [-0.25, -0.2) is 4.98 Å². The average molecular weight is 654 g/mol. The molecule has 0 radical (unpaired) electrons. The van der Waals surface area contributed by atoms with Crippen LogP contribution in [0.2, 0.25) is 0 Å². The van der Waals surface area contributed by atoms with Gasteiger partial charge in [0.25, 0.3) is 0 Å². The molecule has 10 rings (SSSR count). The Bertz CT molecular complexity index is 2850. The van der Waals surface area contributed by atoms with E-state index in [1.165, 1.54) is 27.1 Å². The third kappa shape index (κ3) is 4.72. The van der Waals surface area contributed by atoms with Gasteiger partial charge < -0.3 is 13.9 Å². The van der Waals surface area contributed by atoms with E-state index in [0.29, 0.717) is 5.89 Å². The van der Waals surface area contributed by atoms with Crippen LogP contribution in [-0.2, 0) is 0 Å². The van der Waals surface area contributed by atoms with Crippen molar-refractivity contribution < 1.29 is 4.42 Å². The number of nitrogens with zero attached hydrogens (tertiary/aromatic N) is 3. The zero-order valence-electron chi connectivity index (χ0n) is 27.6. The van der Waals surface area contributed by atoms with E-state index in [0.717, 1.165) is 56.1 Å². The van der Waals surface area contributed by atoms with Gasteiger partial charge in [-0.05, 0) is 66.0 Å². The van der Waals surface area contributed by atoms with Crippen LogP contribution in [0.25, 0.3) is 71.9 Å². The topological polar surface area (TPSA) is 34.2 Å². The number of anilines is 3. The molecule has 0 aliphatic heterocycles. The number of rotatable bonds is 6. The predicted octanol–water partition coefficient (Wildman–Crippen LogP) is 12.9. The fourth-order valence-corrected chi connectivity index (χ4v) is 7.58. The molecule has 10 aromatic rings. The largest absolute Gasteiger partial charge is 0.435 e. The summed E-state index contributed by atoms with van der Waals surface area (Å²) in [6.45, 7) is 0. The van der Waals surface area contributed by atoms with Crippen molar-refractivity contribution in [2.45, 2.75) is 0 Å². The Morgan fingerprint density at radius 3 is 1.98 bits per heavy atom. The van der Waals surface area contributed by atoms with Crippen LogP contribution >= 0.6 is 0 Å². The molecule has 2 aromatic heterocycles. The van der Waals surface area contributed by atoms with Crippen LogP contribution in [0, 0.1) is 0 Å². The second-order valence-electron chi connectivity index (χ2n) is 12.8. The molecule has 2 heterocycles. The minimum absolute atomic E-state index is 0.611. The predicted molar refractivity (Wildman–Crippen MR) is 211 cm³/mol. The van der Waals surface area contributed by atoms with Gasteiger partial charge in [-0.1, -0.05) is 127 Å². The standard InChI is InChI=1S/C47H31N3O/c1-4-17-32(18-5-1)47-48-40-28-16-27-38(46(40)51-47)37-25-12-14-29-41(37)49(34-20-6-2-7-21-34)43-31-33-19-10-11-24-36(33)45-44(43)39-26-13-15-30-42(39)50(45)35-22-8-3-9-23-35/h1-31H. The molecule has 51 heavy (non-hydrogen) atoms. The summed E-state index contributed by atoms with van der Waals surface area (Å²) in [5.74, 6) is 0.611. The van der Waals surface area contributed by atoms with Crippen LogP contribution < -0.4 is 4.90 Å². The van der Waals surface area contributed by atoms with Crippen LogP contribution in [0.15, 0.2) is 192 Å². The molecule has 0 amide bonds. The second-order valence-corrected chi connectivity index (χ2v) is 12.8. The molecule has 0 bridgehead atoms. The maximum atomic E-state index is 6.59. The molecule has 0 unspecified atom stereocenters. The minimum atomic E-state index is 0.611. The van der Waals surface area contributed by atoms with Gasteiger partial charge in [0.15, 0.2) is 5.58 Å². The summed E-state index contributed by atoms with van der Waals surface area (Å²) in [5.41, 5.74) is 11.3. The normalized spacial score (nSPS) is 11.5. The maximum absolute atomic E-state index is 6.59. The molecule has 8 aromatic carbocycles. The van der Waals surface area contributed by atoms with Crippen molar-refractivity contribution in [3.63, 3.8) is 0 Å². The number of para-hydroxylation sites is 5. The third-order valence-corrected chi connectivity index (χ3v) is 9.78. The van der Waals surface area contributed by atoms with Crippen LogP contribution in [0.1, 0.15) is 0 Å². The van der Waals surface area contributed by atoms with Crippen molar-refractivity contribution in [2.75, 3.05) is 4.90 Å². The monoisotopic (exact) mass is 653 g/mol. The van der Waals surface area contributed by atoms with Gasteiger partial charge in [0.1, 0.15) is 5.52 Å². The molecule has 0 fully saturated rings. The molecule has 0 aliphatic rings. The lowest BCUT2D eigenvalue weighted by Crippen LogP contribution is -2.12. The lowest BCUT2D eigenvalue weighted by atomic mass is 9.98. The quantitative estimate of drug-likeness (QED) is 0.179. The number of fused-ring (bicyclic) bond motifs is 6. The van der Waals surface area contributed by atoms with Gasteiger partial charge in [-0.2, -0.15) is 0 Å². The highest BCUT2D eigenvalue weighted by Crippen LogP contribution is 2.49. The average Bonchev–Trinajstić information content (AvgIpc) is 3.80. The van der Waals surface area contributed by atoms with Gasteiger partial charge in [0.05, 0.1) is 22.4 Å². The van der Waals surface area contributed by atoms with Gasteiger partial charge in [-0.3, -0.25) is 0 Å². The summed E-state index contributed by atoms with van der Waals surface area (Å²) in [6.07, 6.45) is 0. The van der Waals surface area contributed by atoms with Gasteiger partial charge in [0, 0.05) is 44.2 Å². The summed E-state index contributed by atoms with van der Waals surface area (Å²) in [5, 5.41) is 4.76. The van der Waals surface area contributed by atoms with Gasteiger partial charge in [-0.15, -0.1) is 0 Å². The van der Waals surface area contributed by atoms with Crippen LogP contribution in [-0.4, -0.2) is 9.55 Å². The molecule has 0 atom stereocenters. The van der Waals surface area contributed by atoms with Crippen molar-refractivity contribution in [3.8, 4) is 28.3 Å². The lowest BCUT2D eigenvalue weighted by Gasteiger charge is -2.29. The number of hydrogen-bond acceptors (Lipinski definition) is 3. The Hall–Kier alpha value is -6.91. The minimum Gasteiger partial charge on any atom is -0.435 e. The van der Waals surface area contributed by atoms with E-state index < -0.39 is 0 Å². The summed E-state index contributed by atoms with van der Waals surface area (Å²) in [7, 11) is 0. The highest BCUT2D eigenvalue weighted by molar-refractivity contribution is 6.25. The van der Waals surface area contributed by atoms with E-state index in [9.17, 15) is 0 Å². The number of benzene rings is 8. The molecule has 0 N–H and O–H groups in total. The zero-order chi connectivity index (χ0) is 33.7. The summed E-state index contributed by atoms with van der Waals surface area (Å²) in [6, 6.07) is 66.2. The van der Waals surface area contributed by atoms with Crippen molar-refractivity contribution >= 4 is 60.7 Å². The number of hydrogen-bond donors (Lipinski definition) is 0. The Labute approximate surface area is 295 Å². The summed E-state index contributed by atoms with van der Waals surface area (Å²) < 4.78 is 9.01. The Balaban J connectivity index is 1.30. The number of oxazole rings is 1. The maximum Gasteiger partial charge on any atom is 0.227 e. The van der Waals surface area contributed by atoms with Crippen molar-refractivity contribution in [2.24, 2.45) is 0 Å². The molecular weight excluding hydrogens is 623 g/mol. The molecule has 240 valence electrons. The lowest BCUT2D eigenvalue weighted by molar-refractivity contribution is 0.621. The molecule has 0 saturated carbocycles. The molecular formula is C47H31N3O. The van der Waals surface area contributed by atoms with E-state index >= 15 is 0 Å². The van der Waals surface area contributed by atoms with E-state index in [4.69, 9.17) is 9.40 Å². The fraction of sp³-hybridized carbons (Fsp3) is 0. The number of aromatic nitrogens is 2. The zero-order valence-corrected chi connectivity index (χ0v) is 27.6. The molecule has 0 saturated heterocycles. The molecule has 4 heteroatoms. The smallest absolute Gasteiger partial charge is 0.227 e. The SMILES string of the molecule is c1ccc(-c2nc3cccc(-c4ccccc4N(c4ccccc4)c4cc5ccccc5c5c4c4ccccc4n5-c4ccccc4)c3o2)cc1. The first-order chi connectivity index (χ1) is 25.3. The van der Waals surface area contributed by atoms with Crippen molar-refractivity contribution in [1.29, 1.82) is 0 Å². The van der Waals surface area contributed by atoms with Gasteiger partial charge in [0.2, 0.25) is 5.89 Å². The first kappa shape index (κ1) is 29.0. The van der Waals surface area contributed by atoms with Gasteiger partial charge >= 0.3 is 0 Å². The Kier molecular flexibility index (Phi) is 6.78. The molecule has 0 spiro atoms. The first-order valence-electron chi connectivity index (χ1n) is 17.2. The highest BCUT2D eigenvalue weighted by Gasteiger charge is 2.25. The Morgan fingerprint density at radius 2 is 1.16 bits per heavy atom. The van der Waals surface area contributed by atoms with Crippen molar-refractivity contribution in [1.82, 2.24) is 9.55 Å². The van der Waals surface area contributed by atoms with E-state index in [-0.39, 0.29) is 0 Å². The third-order valence-electron chi connectivity index (χ3n) is 9.78.